The molecule has 57 heavy (non-hydrogen) atoms. The lowest BCUT2D eigenvalue weighted by molar-refractivity contribution is 0.262. The van der Waals surface area contributed by atoms with Gasteiger partial charge >= 0.3 is 17.4 Å². The van der Waals surface area contributed by atoms with Crippen LogP contribution in [0.25, 0.3) is 21.5 Å². The van der Waals surface area contributed by atoms with Gasteiger partial charge < -0.3 is 25.0 Å². The summed E-state index contributed by atoms with van der Waals surface area (Å²) in [7, 11) is -14.4. The summed E-state index contributed by atoms with van der Waals surface area (Å²) in [6.45, 7) is 1.61. The van der Waals surface area contributed by atoms with Crippen molar-refractivity contribution in [3.63, 3.8) is 0 Å². The summed E-state index contributed by atoms with van der Waals surface area (Å²) >= 11 is -2.89. The maximum absolute atomic E-state index is 13.1. The maximum atomic E-state index is 13.1. The Balaban J connectivity index is 1.29. The van der Waals surface area contributed by atoms with Crippen molar-refractivity contribution in [2.24, 2.45) is 0 Å². The fourth-order valence-electron chi connectivity index (χ4n) is 6.31. The topological polar surface area (TPSA) is 291 Å². The van der Waals surface area contributed by atoms with Gasteiger partial charge in [0.25, 0.3) is 30.4 Å². The SMILES string of the molecule is Cc1ccc(Cc2c(OS(=O)O)cc3cc(NC(=O)Nc4ccc5c(O)c(Cc6ccccc6S(=O)(=O)O)c(S(=O)(=O)O)cc5c4)ccc3c2O)c(S(=O)(=O)O)c1. The van der Waals surface area contributed by atoms with E-state index in [1.807, 2.05) is 0 Å². The molecule has 0 aliphatic rings. The Hall–Kier alpha value is -5.65. The van der Waals surface area contributed by atoms with E-state index in [-0.39, 0.29) is 67.3 Å². The standard InChI is InChI=1S/C36H30N2O15S4/c1-19-6-7-21(32(12-19)56(47,48)49)15-28-30(53-54(42)43)17-22-13-24(8-10-26(22)34(28)39)37-36(41)38-25-9-11-27-23(14-25)18-33(57(50,51)52)29(35(27)40)16-20-4-2-3-5-31(20)55(44,45)46/h2-14,17-18,39-40H,15-16H2,1H3,(H,42,43)(H2,37,38,41)(H,44,45,46)(H,47,48,49)(H,50,51,52). The van der Waals surface area contributed by atoms with E-state index in [2.05, 4.69) is 10.6 Å². The first kappa shape index (κ1) is 41.0. The molecule has 17 nitrogen and oxygen atoms in total. The number of hydrogen-bond acceptors (Lipinski definition) is 11. The van der Waals surface area contributed by atoms with Crippen molar-refractivity contribution < 1.29 is 66.9 Å². The molecule has 1 unspecified atom stereocenters. The molecule has 0 bridgehead atoms. The van der Waals surface area contributed by atoms with Crippen molar-refractivity contribution in [1.29, 1.82) is 0 Å². The molecule has 21 heteroatoms. The van der Waals surface area contributed by atoms with Crippen LogP contribution < -0.4 is 14.8 Å². The molecule has 0 aromatic heterocycles. The summed E-state index contributed by atoms with van der Waals surface area (Å²) in [6.07, 6.45) is -0.863. The summed E-state index contributed by atoms with van der Waals surface area (Å²) in [5.74, 6) is -1.37. The number of amides is 2. The lowest BCUT2D eigenvalue weighted by atomic mass is 9.97. The van der Waals surface area contributed by atoms with Crippen LogP contribution in [0, 0.1) is 6.92 Å². The van der Waals surface area contributed by atoms with Gasteiger partial charge in [0.05, 0.1) is 9.79 Å². The third-order valence-corrected chi connectivity index (χ3v) is 11.9. The molecule has 298 valence electrons. The average Bonchev–Trinajstić information content (AvgIpc) is 3.10. The number of rotatable bonds is 11. The van der Waals surface area contributed by atoms with Gasteiger partial charge in [-0.1, -0.05) is 30.3 Å². The Morgan fingerprint density at radius 2 is 1.14 bits per heavy atom. The van der Waals surface area contributed by atoms with Crippen molar-refractivity contribution in [3.05, 3.63) is 119 Å². The molecular weight excluding hydrogens is 829 g/mol. The average molecular weight is 859 g/mol. The largest absolute Gasteiger partial charge is 0.507 e. The minimum Gasteiger partial charge on any atom is -0.507 e. The second-order valence-electron chi connectivity index (χ2n) is 12.7. The summed E-state index contributed by atoms with van der Waals surface area (Å²) in [4.78, 5) is 11.4. The number of carbonyl (C=O) groups is 1. The van der Waals surface area contributed by atoms with Gasteiger partial charge in [0.2, 0.25) is 0 Å². The van der Waals surface area contributed by atoms with Gasteiger partial charge in [0.1, 0.15) is 16.4 Å². The number of urea groups is 1. The molecule has 0 aliphatic heterocycles. The fourth-order valence-corrected chi connectivity index (χ4v) is 8.90. The molecule has 6 rings (SSSR count). The zero-order valence-corrected chi connectivity index (χ0v) is 32.3. The first-order valence-electron chi connectivity index (χ1n) is 16.1. The molecule has 0 spiro atoms. The quantitative estimate of drug-likeness (QED) is 0.0565. The normalized spacial score (nSPS) is 12.7. The molecule has 1 atom stereocenters. The molecule has 0 heterocycles. The number of carbonyl (C=O) groups excluding carboxylic acids is 1. The second kappa shape index (κ2) is 15.4. The Labute approximate surface area is 327 Å². The number of phenolic OH excluding ortho intramolecular Hbond substituents is 2. The summed E-state index contributed by atoms with van der Waals surface area (Å²) in [5.41, 5.74) is 0.319. The molecular formula is C36H30N2O15S4. The van der Waals surface area contributed by atoms with E-state index in [4.69, 9.17) is 4.18 Å². The van der Waals surface area contributed by atoms with E-state index >= 15 is 0 Å². The Morgan fingerprint density at radius 3 is 1.70 bits per heavy atom. The van der Waals surface area contributed by atoms with Crippen LogP contribution in [-0.4, -0.2) is 63.9 Å². The first-order chi connectivity index (χ1) is 26.6. The van der Waals surface area contributed by atoms with Crippen LogP contribution in [0.1, 0.15) is 27.8 Å². The third kappa shape index (κ3) is 9.00. The summed E-state index contributed by atoms with van der Waals surface area (Å²) < 4.78 is 129. The predicted octanol–water partition coefficient (Wildman–Crippen LogP) is 5.79. The van der Waals surface area contributed by atoms with E-state index in [0.717, 1.165) is 12.1 Å². The van der Waals surface area contributed by atoms with E-state index < -0.39 is 80.4 Å². The number of fused-ring (bicyclic) bond motifs is 2. The number of aromatic hydroxyl groups is 2. The minimum atomic E-state index is -5.02. The van der Waals surface area contributed by atoms with E-state index in [0.29, 0.717) is 5.56 Å². The number of anilines is 2. The Kier molecular flexibility index (Phi) is 11.0. The van der Waals surface area contributed by atoms with Crippen molar-refractivity contribution in [1.82, 2.24) is 0 Å². The smallest absolute Gasteiger partial charge is 0.357 e. The molecule has 2 amide bonds. The maximum Gasteiger partial charge on any atom is 0.357 e. The predicted molar refractivity (Wildman–Crippen MR) is 208 cm³/mol. The highest BCUT2D eigenvalue weighted by Crippen LogP contribution is 2.41. The molecule has 8 N–H and O–H groups in total. The first-order valence-corrected chi connectivity index (χ1v) is 21.5. The Morgan fingerprint density at radius 1 is 0.632 bits per heavy atom. The number of aryl methyl sites for hydroxylation is 1. The van der Waals surface area contributed by atoms with Gasteiger partial charge in [0, 0.05) is 46.1 Å². The minimum absolute atomic E-state index is 0.0462. The fraction of sp³-hybridized carbons (Fsp3) is 0.0833. The highest BCUT2D eigenvalue weighted by Gasteiger charge is 2.25. The monoisotopic (exact) mass is 858 g/mol. The van der Waals surface area contributed by atoms with Crippen LogP contribution in [0.4, 0.5) is 16.2 Å². The van der Waals surface area contributed by atoms with E-state index in [9.17, 15) is 62.7 Å². The van der Waals surface area contributed by atoms with Crippen LogP contribution in [0.15, 0.2) is 106 Å². The van der Waals surface area contributed by atoms with Crippen LogP contribution >= 0.6 is 0 Å². The summed E-state index contributed by atoms with van der Waals surface area (Å²) in [5, 5.41) is 28.0. The van der Waals surface area contributed by atoms with E-state index in [1.54, 1.807) is 13.0 Å². The highest BCUT2D eigenvalue weighted by molar-refractivity contribution is 7.86. The van der Waals surface area contributed by atoms with Gasteiger partial charge in [-0.15, -0.1) is 0 Å². The van der Waals surface area contributed by atoms with Crippen LogP contribution in [0.2, 0.25) is 0 Å². The van der Waals surface area contributed by atoms with Crippen LogP contribution in [-0.2, 0) is 54.6 Å². The van der Waals surface area contributed by atoms with E-state index in [1.165, 1.54) is 72.8 Å². The van der Waals surface area contributed by atoms with Gasteiger partial charge in [0.15, 0.2) is 5.75 Å². The molecule has 0 aliphatic carbocycles. The zero-order valence-electron chi connectivity index (χ0n) is 29.1. The van der Waals surface area contributed by atoms with Crippen LogP contribution in [0.3, 0.4) is 0 Å². The zero-order chi connectivity index (χ0) is 41.6. The molecule has 6 aromatic carbocycles. The van der Waals surface area contributed by atoms with Gasteiger partial charge in [-0.3, -0.25) is 18.2 Å². The van der Waals surface area contributed by atoms with Crippen molar-refractivity contribution in [2.45, 2.75) is 34.5 Å². The molecule has 6 aromatic rings. The van der Waals surface area contributed by atoms with Gasteiger partial charge in [-0.25, -0.2) is 4.79 Å². The number of hydrogen-bond donors (Lipinski definition) is 8. The van der Waals surface area contributed by atoms with Crippen LogP contribution in [0.5, 0.6) is 17.2 Å². The lowest BCUT2D eigenvalue weighted by Crippen LogP contribution is -2.19. The summed E-state index contributed by atoms with van der Waals surface area (Å²) in [6, 6.07) is 19.0. The lowest BCUT2D eigenvalue weighted by Gasteiger charge is -2.16. The number of nitrogens with one attached hydrogen (secondary N) is 2. The molecule has 0 fully saturated rings. The molecule has 0 saturated heterocycles. The second-order valence-corrected chi connectivity index (χ2v) is 17.4. The number of phenols is 2. The van der Waals surface area contributed by atoms with Crippen molar-refractivity contribution in [3.8, 4) is 17.2 Å². The third-order valence-electron chi connectivity index (χ3n) is 8.79. The highest BCUT2D eigenvalue weighted by atomic mass is 32.2. The number of benzene rings is 6. The Bertz CT molecular complexity index is 3010. The van der Waals surface area contributed by atoms with Gasteiger partial charge in [-0.05, 0) is 95.1 Å². The molecule has 0 saturated carbocycles. The van der Waals surface area contributed by atoms with Gasteiger partial charge in [-0.2, -0.15) is 29.5 Å². The molecule has 0 radical (unpaired) electrons. The van der Waals surface area contributed by atoms with Crippen molar-refractivity contribution in [2.75, 3.05) is 10.6 Å². The van der Waals surface area contributed by atoms with Crippen molar-refractivity contribution >= 4 is 80.7 Å².